The van der Waals surface area contributed by atoms with Crippen molar-refractivity contribution in [3.8, 4) is 0 Å². The third kappa shape index (κ3) is 4.71. The molecule has 1 aromatic carbocycles. The maximum absolute atomic E-state index is 12.6. The van der Waals surface area contributed by atoms with Crippen LogP contribution in [-0.4, -0.2) is 57.6 Å². The van der Waals surface area contributed by atoms with Crippen molar-refractivity contribution in [2.24, 2.45) is 0 Å². The van der Waals surface area contributed by atoms with E-state index in [1.54, 1.807) is 6.20 Å². The number of benzene rings is 1. The summed E-state index contributed by atoms with van der Waals surface area (Å²) in [5, 5.41) is 14.2. The van der Waals surface area contributed by atoms with Crippen LogP contribution in [-0.2, 0) is 22.5 Å². The third-order valence-electron chi connectivity index (χ3n) is 4.84. The molecule has 2 aromatic rings. The zero-order chi connectivity index (χ0) is 18.4. The average molecular weight is 357 g/mol. The molecule has 140 valence electrons. The summed E-state index contributed by atoms with van der Waals surface area (Å²) in [5.41, 5.74) is 1.58. The maximum Gasteiger partial charge on any atom is 0.222 e. The number of aromatic nitrogens is 2. The lowest BCUT2D eigenvalue weighted by Crippen LogP contribution is -2.56. The lowest BCUT2D eigenvalue weighted by Gasteiger charge is -2.42. The minimum atomic E-state index is -0.719. The molecule has 1 atom stereocenters. The fourth-order valence-corrected chi connectivity index (χ4v) is 3.49. The van der Waals surface area contributed by atoms with Gasteiger partial charge in [-0.1, -0.05) is 29.8 Å². The molecule has 26 heavy (non-hydrogen) atoms. The Balaban J connectivity index is 1.58. The van der Waals surface area contributed by atoms with Gasteiger partial charge in [-0.2, -0.15) is 5.10 Å². The Labute approximate surface area is 154 Å². The molecule has 0 radical (unpaired) electrons. The van der Waals surface area contributed by atoms with Crippen LogP contribution in [0.5, 0.6) is 0 Å². The molecule has 1 saturated heterocycles. The largest absolute Gasteiger partial charge is 0.393 e. The van der Waals surface area contributed by atoms with E-state index in [2.05, 4.69) is 11.2 Å². The molecule has 1 amide bonds. The van der Waals surface area contributed by atoms with Crippen molar-refractivity contribution in [3.05, 3.63) is 53.9 Å². The van der Waals surface area contributed by atoms with E-state index in [4.69, 9.17) is 4.74 Å². The molecule has 0 spiro atoms. The van der Waals surface area contributed by atoms with Crippen molar-refractivity contribution in [2.75, 3.05) is 26.3 Å². The van der Waals surface area contributed by atoms with Crippen molar-refractivity contribution >= 4 is 5.91 Å². The maximum atomic E-state index is 12.6. The van der Waals surface area contributed by atoms with Gasteiger partial charge in [-0.15, -0.1) is 0 Å². The van der Waals surface area contributed by atoms with Crippen LogP contribution in [0.1, 0.15) is 24.0 Å². The first-order valence-corrected chi connectivity index (χ1v) is 9.16. The van der Waals surface area contributed by atoms with Crippen molar-refractivity contribution in [1.82, 2.24) is 14.7 Å². The highest BCUT2D eigenvalue weighted by Gasteiger charge is 2.38. The highest BCUT2D eigenvalue weighted by Crippen LogP contribution is 2.24. The topological polar surface area (TPSA) is 67.6 Å². The van der Waals surface area contributed by atoms with Crippen LogP contribution >= 0.6 is 0 Å². The highest BCUT2D eigenvalue weighted by atomic mass is 16.5. The van der Waals surface area contributed by atoms with Gasteiger partial charge in [0.1, 0.15) is 5.60 Å². The molecule has 1 aliphatic rings. The van der Waals surface area contributed by atoms with Crippen molar-refractivity contribution in [3.63, 3.8) is 0 Å². The quantitative estimate of drug-likeness (QED) is 0.821. The van der Waals surface area contributed by atoms with Gasteiger partial charge in [-0.25, -0.2) is 0 Å². The standard InChI is InChI=1S/C20H27N3O3/c1-17-5-2-6-18(13-17)14-20(16-24)15-22(11-12-26-20)19(25)7-3-9-23-10-4-8-21-23/h2,4-6,8,10,13,24H,3,7,9,11-12,14-16H2,1H3/t20-/m1/s1. The Morgan fingerprint density at radius 1 is 1.38 bits per heavy atom. The van der Waals surface area contributed by atoms with Crippen LogP contribution < -0.4 is 0 Å². The van der Waals surface area contributed by atoms with Gasteiger partial charge in [0, 0.05) is 38.3 Å². The summed E-state index contributed by atoms with van der Waals surface area (Å²) >= 11 is 0. The molecule has 1 aromatic heterocycles. The SMILES string of the molecule is Cc1cccc(C[C@]2(CO)CN(C(=O)CCCn3cccn3)CCO2)c1. The number of hydrogen-bond acceptors (Lipinski definition) is 4. The van der Waals surface area contributed by atoms with E-state index >= 15 is 0 Å². The first kappa shape index (κ1) is 18.6. The summed E-state index contributed by atoms with van der Waals surface area (Å²) in [6, 6.07) is 10.1. The molecule has 6 nitrogen and oxygen atoms in total. The number of aliphatic hydroxyl groups is 1. The van der Waals surface area contributed by atoms with E-state index < -0.39 is 5.60 Å². The van der Waals surface area contributed by atoms with Gasteiger partial charge in [-0.3, -0.25) is 9.48 Å². The van der Waals surface area contributed by atoms with E-state index in [1.165, 1.54) is 5.56 Å². The number of aryl methyl sites for hydroxylation is 2. The number of morpholine rings is 1. The molecule has 0 unspecified atom stereocenters. The summed E-state index contributed by atoms with van der Waals surface area (Å²) < 4.78 is 7.78. The number of carbonyl (C=O) groups is 1. The van der Waals surface area contributed by atoms with Gasteiger partial charge < -0.3 is 14.7 Å². The normalized spacial score (nSPS) is 20.3. The zero-order valence-corrected chi connectivity index (χ0v) is 15.3. The molecule has 0 aliphatic carbocycles. The van der Waals surface area contributed by atoms with E-state index in [9.17, 15) is 9.90 Å². The van der Waals surface area contributed by atoms with Gasteiger partial charge >= 0.3 is 0 Å². The second-order valence-electron chi connectivity index (χ2n) is 7.04. The molecular formula is C20H27N3O3. The minimum Gasteiger partial charge on any atom is -0.393 e. The van der Waals surface area contributed by atoms with Crippen LogP contribution in [0.15, 0.2) is 42.7 Å². The van der Waals surface area contributed by atoms with Crippen LogP contribution in [0.2, 0.25) is 0 Å². The summed E-state index contributed by atoms with van der Waals surface area (Å²) in [5.74, 6) is 0.113. The van der Waals surface area contributed by atoms with E-state index in [0.717, 1.165) is 18.5 Å². The Morgan fingerprint density at radius 3 is 3.00 bits per heavy atom. The predicted molar refractivity (Wildman–Crippen MR) is 98.7 cm³/mol. The van der Waals surface area contributed by atoms with Crippen LogP contribution in [0.25, 0.3) is 0 Å². The van der Waals surface area contributed by atoms with Crippen molar-refractivity contribution in [1.29, 1.82) is 0 Å². The fourth-order valence-electron chi connectivity index (χ4n) is 3.49. The van der Waals surface area contributed by atoms with Gasteiger partial charge in [0.15, 0.2) is 0 Å². The molecule has 1 fully saturated rings. The lowest BCUT2D eigenvalue weighted by atomic mass is 9.92. The smallest absolute Gasteiger partial charge is 0.222 e. The first-order chi connectivity index (χ1) is 12.6. The van der Waals surface area contributed by atoms with Gasteiger partial charge in [0.05, 0.1) is 19.8 Å². The molecule has 6 heteroatoms. The second-order valence-corrected chi connectivity index (χ2v) is 7.04. The lowest BCUT2D eigenvalue weighted by molar-refractivity contribution is -0.158. The number of rotatable bonds is 7. The fraction of sp³-hybridized carbons (Fsp3) is 0.500. The number of hydrogen-bond donors (Lipinski definition) is 1. The van der Waals surface area contributed by atoms with Gasteiger partial charge in [-0.05, 0) is 25.0 Å². The van der Waals surface area contributed by atoms with E-state index in [0.29, 0.717) is 32.5 Å². The monoisotopic (exact) mass is 357 g/mol. The first-order valence-electron chi connectivity index (χ1n) is 9.16. The molecular weight excluding hydrogens is 330 g/mol. The third-order valence-corrected chi connectivity index (χ3v) is 4.84. The highest BCUT2D eigenvalue weighted by molar-refractivity contribution is 5.76. The molecule has 0 bridgehead atoms. The molecule has 2 heterocycles. The Kier molecular flexibility index (Phi) is 6.06. The molecule has 1 aliphatic heterocycles. The number of carbonyl (C=O) groups excluding carboxylic acids is 1. The van der Waals surface area contributed by atoms with Crippen LogP contribution in [0.4, 0.5) is 0 Å². The van der Waals surface area contributed by atoms with E-state index in [1.807, 2.05) is 47.0 Å². The summed E-state index contributed by atoms with van der Waals surface area (Å²) in [7, 11) is 0. The van der Waals surface area contributed by atoms with Gasteiger partial charge in [0.2, 0.25) is 5.91 Å². The second kappa shape index (κ2) is 8.47. The Hall–Kier alpha value is -2.18. The number of aliphatic hydroxyl groups excluding tert-OH is 1. The predicted octanol–water partition coefficient (Wildman–Crippen LogP) is 1.80. The zero-order valence-electron chi connectivity index (χ0n) is 15.3. The van der Waals surface area contributed by atoms with Crippen molar-refractivity contribution in [2.45, 2.75) is 38.3 Å². The molecule has 3 rings (SSSR count). The summed E-state index contributed by atoms with van der Waals surface area (Å²) in [4.78, 5) is 14.4. The average Bonchev–Trinajstić information content (AvgIpc) is 3.15. The van der Waals surface area contributed by atoms with Gasteiger partial charge in [0.25, 0.3) is 0 Å². The Bertz CT molecular complexity index is 717. The number of ether oxygens (including phenoxy) is 1. The summed E-state index contributed by atoms with van der Waals surface area (Å²) in [6.45, 7) is 4.15. The van der Waals surface area contributed by atoms with Crippen LogP contribution in [0.3, 0.4) is 0 Å². The molecule has 0 saturated carbocycles. The summed E-state index contributed by atoms with van der Waals surface area (Å²) in [6.07, 6.45) is 5.47. The number of nitrogens with zero attached hydrogens (tertiary/aromatic N) is 3. The number of amides is 1. The van der Waals surface area contributed by atoms with E-state index in [-0.39, 0.29) is 12.5 Å². The van der Waals surface area contributed by atoms with Crippen LogP contribution in [0, 0.1) is 6.92 Å². The Morgan fingerprint density at radius 2 is 2.27 bits per heavy atom. The van der Waals surface area contributed by atoms with Crippen molar-refractivity contribution < 1.29 is 14.6 Å². The minimum absolute atomic E-state index is 0.0992. The molecule has 1 N–H and O–H groups in total.